The van der Waals surface area contributed by atoms with E-state index in [1.165, 1.54) is 18.4 Å². The van der Waals surface area contributed by atoms with Crippen molar-refractivity contribution >= 4 is 0 Å². The third-order valence-corrected chi connectivity index (χ3v) is 4.06. The molecule has 4 nitrogen and oxygen atoms in total. The van der Waals surface area contributed by atoms with Crippen molar-refractivity contribution in [1.29, 1.82) is 0 Å². The monoisotopic (exact) mass is 293 g/mol. The number of benzene rings is 1. The highest BCUT2D eigenvalue weighted by Crippen LogP contribution is 2.32. The molecule has 1 aliphatic rings. The number of ether oxygens (including phenoxy) is 3. The van der Waals surface area contributed by atoms with Gasteiger partial charge in [-0.1, -0.05) is 13.0 Å². The molecule has 1 heterocycles. The summed E-state index contributed by atoms with van der Waals surface area (Å²) in [5, 5.41) is 3.56. The Balaban J connectivity index is 2.05. The lowest BCUT2D eigenvalue weighted by molar-refractivity contribution is 0.0996. The second kappa shape index (κ2) is 8.25. The summed E-state index contributed by atoms with van der Waals surface area (Å²) in [4.78, 5) is 0. The van der Waals surface area contributed by atoms with Gasteiger partial charge in [-0.2, -0.15) is 0 Å². The zero-order valence-electron chi connectivity index (χ0n) is 13.4. The molecule has 1 N–H and O–H groups in total. The van der Waals surface area contributed by atoms with Gasteiger partial charge in [-0.05, 0) is 49.9 Å². The molecule has 0 spiro atoms. The van der Waals surface area contributed by atoms with Crippen molar-refractivity contribution in [2.45, 2.75) is 44.8 Å². The predicted octanol–water partition coefficient (Wildman–Crippen LogP) is 3.31. The molecule has 2 unspecified atom stereocenters. The zero-order chi connectivity index (χ0) is 15.1. The Hall–Kier alpha value is -1.26. The molecule has 118 valence electrons. The van der Waals surface area contributed by atoms with Crippen LogP contribution in [0.5, 0.6) is 11.5 Å². The van der Waals surface area contributed by atoms with E-state index < -0.39 is 0 Å². The maximum absolute atomic E-state index is 5.73. The van der Waals surface area contributed by atoms with Gasteiger partial charge in [-0.3, -0.25) is 0 Å². The van der Waals surface area contributed by atoms with E-state index in [4.69, 9.17) is 14.2 Å². The van der Waals surface area contributed by atoms with Gasteiger partial charge >= 0.3 is 0 Å². The number of hydrogen-bond acceptors (Lipinski definition) is 4. The third-order valence-electron chi connectivity index (χ3n) is 4.06. The van der Waals surface area contributed by atoms with E-state index >= 15 is 0 Å². The molecule has 0 aromatic heterocycles. The Bertz CT molecular complexity index is 430. The molecule has 0 radical (unpaired) electrons. The number of methoxy groups -OCH3 is 2. The number of rotatable bonds is 8. The molecule has 1 saturated heterocycles. The fourth-order valence-electron chi connectivity index (χ4n) is 2.93. The van der Waals surface area contributed by atoms with Crippen LogP contribution in [0.15, 0.2) is 18.2 Å². The predicted molar refractivity (Wildman–Crippen MR) is 84.2 cm³/mol. The summed E-state index contributed by atoms with van der Waals surface area (Å²) in [5.74, 6) is 1.56. The molecular formula is C17H27NO3. The highest BCUT2D eigenvalue weighted by Gasteiger charge is 2.19. The lowest BCUT2D eigenvalue weighted by Gasteiger charge is -2.21. The van der Waals surface area contributed by atoms with Crippen LogP contribution in [-0.2, 0) is 4.74 Å². The van der Waals surface area contributed by atoms with E-state index in [1.807, 2.05) is 6.07 Å². The lowest BCUT2D eigenvalue weighted by Crippen LogP contribution is -2.22. The first-order valence-electron chi connectivity index (χ1n) is 7.85. The molecule has 0 amide bonds. The van der Waals surface area contributed by atoms with Crippen LogP contribution in [0.25, 0.3) is 0 Å². The Kier molecular flexibility index (Phi) is 6.33. The maximum Gasteiger partial charge on any atom is 0.161 e. The fraction of sp³-hybridized carbons (Fsp3) is 0.647. The largest absolute Gasteiger partial charge is 0.493 e. The lowest BCUT2D eigenvalue weighted by atomic mass is 9.98. The molecule has 0 saturated carbocycles. The second-order valence-corrected chi connectivity index (χ2v) is 5.44. The van der Waals surface area contributed by atoms with Gasteiger partial charge in [0.2, 0.25) is 0 Å². The first-order chi connectivity index (χ1) is 10.3. The van der Waals surface area contributed by atoms with Crippen molar-refractivity contribution in [3.63, 3.8) is 0 Å². The first kappa shape index (κ1) is 16.1. The van der Waals surface area contributed by atoms with Gasteiger partial charge in [0, 0.05) is 12.6 Å². The first-order valence-corrected chi connectivity index (χ1v) is 7.85. The molecule has 2 rings (SSSR count). The second-order valence-electron chi connectivity index (χ2n) is 5.44. The minimum atomic E-state index is 0.332. The maximum atomic E-state index is 5.73. The molecule has 21 heavy (non-hydrogen) atoms. The summed E-state index contributed by atoms with van der Waals surface area (Å²) in [6, 6.07) is 6.50. The van der Waals surface area contributed by atoms with Crippen LogP contribution in [0.4, 0.5) is 0 Å². The van der Waals surface area contributed by atoms with Gasteiger partial charge in [0.1, 0.15) is 0 Å². The Morgan fingerprint density at radius 2 is 2.10 bits per heavy atom. The number of hydrogen-bond donors (Lipinski definition) is 1. The molecule has 0 aliphatic carbocycles. The molecule has 1 fully saturated rings. The van der Waals surface area contributed by atoms with E-state index in [-0.39, 0.29) is 0 Å². The van der Waals surface area contributed by atoms with Crippen LogP contribution >= 0.6 is 0 Å². The Morgan fingerprint density at radius 1 is 1.29 bits per heavy atom. The quantitative estimate of drug-likeness (QED) is 0.798. The molecule has 2 atom stereocenters. The molecule has 1 aliphatic heterocycles. The molecule has 1 aromatic carbocycles. The minimum Gasteiger partial charge on any atom is -0.493 e. The SMILES string of the molecule is CCNC(CCC1CCCO1)c1ccc(OC)c(OC)c1. The normalized spacial score (nSPS) is 19.5. The average molecular weight is 293 g/mol. The van der Waals surface area contributed by atoms with Gasteiger partial charge in [0.05, 0.1) is 20.3 Å². The van der Waals surface area contributed by atoms with Crippen molar-refractivity contribution in [2.75, 3.05) is 27.4 Å². The van der Waals surface area contributed by atoms with Gasteiger partial charge in [-0.15, -0.1) is 0 Å². The Morgan fingerprint density at radius 3 is 2.71 bits per heavy atom. The third kappa shape index (κ3) is 4.35. The smallest absolute Gasteiger partial charge is 0.161 e. The van der Waals surface area contributed by atoms with Gasteiger partial charge < -0.3 is 19.5 Å². The van der Waals surface area contributed by atoms with Crippen LogP contribution in [0.1, 0.15) is 44.2 Å². The minimum absolute atomic E-state index is 0.332. The molecule has 1 aromatic rings. The van der Waals surface area contributed by atoms with Crippen molar-refractivity contribution < 1.29 is 14.2 Å². The van der Waals surface area contributed by atoms with E-state index in [9.17, 15) is 0 Å². The summed E-state index contributed by atoms with van der Waals surface area (Å²) in [5.41, 5.74) is 1.24. The molecule has 4 heteroatoms. The van der Waals surface area contributed by atoms with Crippen LogP contribution in [0.2, 0.25) is 0 Å². The van der Waals surface area contributed by atoms with Gasteiger partial charge in [0.15, 0.2) is 11.5 Å². The van der Waals surface area contributed by atoms with Crippen molar-refractivity contribution in [3.8, 4) is 11.5 Å². The summed E-state index contributed by atoms with van der Waals surface area (Å²) >= 11 is 0. The Labute approximate surface area is 127 Å². The summed E-state index contributed by atoms with van der Waals surface area (Å²) in [6.07, 6.45) is 5.02. The van der Waals surface area contributed by atoms with Crippen LogP contribution in [0, 0.1) is 0 Å². The van der Waals surface area contributed by atoms with Crippen LogP contribution in [0.3, 0.4) is 0 Å². The van der Waals surface area contributed by atoms with E-state index in [0.29, 0.717) is 12.1 Å². The topological polar surface area (TPSA) is 39.7 Å². The zero-order valence-corrected chi connectivity index (χ0v) is 13.4. The molecule has 0 bridgehead atoms. The van der Waals surface area contributed by atoms with Crippen LogP contribution < -0.4 is 14.8 Å². The van der Waals surface area contributed by atoms with Gasteiger partial charge in [-0.25, -0.2) is 0 Å². The van der Waals surface area contributed by atoms with Crippen molar-refractivity contribution in [3.05, 3.63) is 23.8 Å². The van der Waals surface area contributed by atoms with Crippen LogP contribution in [-0.4, -0.2) is 33.5 Å². The summed E-state index contributed by atoms with van der Waals surface area (Å²) in [7, 11) is 3.34. The fourth-order valence-corrected chi connectivity index (χ4v) is 2.93. The highest BCUT2D eigenvalue weighted by molar-refractivity contribution is 5.43. The summed E-state index contributed by atoms with van der Waals surface area (Å²) < 4.78 is 16.4. The van der Waals surface area contributed by atoms with E-state index in [2.05, 4.69) is 24.4 Å². The van der Waals surface area contributed by atoms with E-state index in [1.54, 1.807) is 14.2 Å². The van der Waals surface area contributed by atoms with Gasteiger partial charge in [0.25, 0.3) is 0 Å². The number of nitrogens with one attached hydrogen (secondary N) is 1. The van der Waals surface area contributed by atoms with E-state index in [0.717, 1.165) is 37.5 Å². The van der Waals surface area contributed by atoms with Crippen molar-refractivity contribution in [1.82, 2.24) is 5.32 Å². The molecular weight excluding hydrogens is 266 g/mol. The van der Waals surface area contributed by atoms with Crippen molar-refractivity contribution in [2.24, 2.45) is 0 Å². The highest BCUT2D eigenvalue weighted by atomic mass is 16.5. The summed E-state index contributed by atoms with van der Waals surface area (Å²) in [6.45, 7) is 4.01. The average Bonchev–Trinajstić information content (AvgIpc) is 3.04. The standard InChI is InChI=1S/C17H27NO3/c1-4-18-15(9-8-14-6-5-11-21-14)13-7-10-16(19-2)17(12-13)20-3/h7,10,12,14-15,18H,4-6,8-9,11H2,1-3H3.